The second-order valence-corrected chi connectivity index (χ2v) is 5.82. The number of aliphatic carboxylic acids is 1. The summed E-state index contributed by atoms with van der Waals surface area (Å²) in [6.07, 6.45) is 0.0342. The number of carboxylic acids is 1. The fourth-order valence-electron chi connectivity index (χ4n) is 2.35. The van der Waals surface area contributed by atoms with E-state index < -0.39 is 24.0 Å². The molecule has 1 saturated heterocycles. The number of amides is 2. The summed E-state index contributed by atoms with van der Waals surface area (Å²) in [6, 6.07) is -0.820. The number of carboxylic acid groups (broad SMARTS) is 1. The molecule has 0 aliphatic carbocycles. The van der Waals surface area contributed by atoms with Gasteiger partial charge < -0.3 is 25.3 Å². The van der Waals surface area contributed by atoms with Crippen LogP contribution in [0.15, 0.2) is 0 Å². The van der Waals surface area contributed by atoms with E-state index in [-0.39, 0.29) is 12.1 Å². The minimum absolute atomic E-state index is 0.0488. The number of rotatable bonds is 5. The molecule has 7 nitrogen and oxygen atoms in total. The van der Waals surface area contributed by atoms with E-state index in [9.17, 15) is 14.7 Å². The number of carbonyl (C=O) groups excluding carboxylic acids is 1. The largest absolute Gasteiger partial charge is 0.481 e. The molecule has 7 heteroatoms. The number of carbonyl (C=O) groups is 2. The smallest absolute Gasteiger partial charge is 0.318 e. The van der Waals surface area contributed by atoms with Gasteiger partial charge in [-0.1, -0.05) is 0 Å². The van der Waals surface area contributed by atoms with E-state index in [0.717, 1.165) is 0 Å². The van der Waals surface area contributed by atoms with Crippen LogP contribution in [0, 0.1) is 5.92 Å². The molecule has 1 fully saturated rings. The zero-order valence-electron chi connectivity index (χ0n) is 12.5. The van der Waals surface area contributed by atoms with Crippen LogP contribution < -0.4 is 5.32 Å². The van der Waals surface area contributed by atoms with Crippen LogP contribution in [-0.4, -0.2) is 77.4 Å². The van der Waals surface area contributed by atoms with Crippen LogP contribution >= 0.6 is 0 Å². The summed E-state index contributed by atoms with van der Waals surface area (Å²) < 4.78 is 0. The van der Waals surface area contributed by atoms with Crippen LogP contribution in [0.2, 0.25) is 0 Å². The minimum atomic E-state index is -0.941. The predicted molar refractivity (Wildman–Crippen MR) is 74.5 cm³/mol. The van der Waals surface area contributed by atoms with Gasteiger partial charge in [0.05, 0.1) is 12.0 Å². The van der Waals surface area contributed by atoms with Crippen LogP contribution in [-0.2, 0) is 4.79 Å². The summed E-state index contributed by atoms with van der Waals surface area (Å²) in [5.74, 6) is -1.59. The first-order valence-electron chi connectivity index (χ1n) is 6.85. The third-order valence-electron chi connectivity index (χ3n) is 3.72. The Labute approximate surface area is 119 Å². The van der Waals surface area contributed by atoms with Crippen molar-refractivity contribution in [1.29, 1.82) is 0 Å². The third kappa shape index (κ3) is 4.35. The number of likely N-dealkylation sites (tertiary alicyclic amines) is 1. The van der Waals surface area contributed by atoms with Gasteiger partial charge in [-0.3, -0.25) is 4.79 Å². The average Bonchev–Trinajstić information content (AvgIpc) is 2.67. The SMILES string of the molecule is CC(NC(=O)N1CC(O)CC1CN(C)C)C(C)C(=O)O. The lowest BCUT2D eigenvalue weighted by molar-refractivity contribution is -0.141. The Bertz CT molecular complexity index is 362. The quantitative estimate of drug-likeness (QED) is 0.651. The molecule has 20 heavy (non-hydrogen) atoms. The van der Waals surface area contributed by atoms with Crippen LogP contribution in [0.5, 0.6) is 0 Å². The highest BCUT2D eigenvalue weighted by Gasteiger charge is 2.35. The fraction of sp³-hybridized carbons (Fsp3) is 0.846. The summed E-state index contributed by atoms with van der Waals surface area (Å²) in [4.78, 5) is 26.7. The van der Waals surface area contributed by atoms with Gasteiger partial charge >= 0.3 is 12.0 Å². The monoisotopic (exact) mass is 287 g/mol. The molecule has 2 amide bonds. The number of likely N-dealkylation sites (N-methyl/N-ethyl adjacent to an activating group) is 1. The van der Waals surface area contributed by atoms with Gasteiger partial charge in [0.15, 0.2) is 0 Å². The van der Waals surface area contributed by atoms with Crippen molar-refractivity contribution in [2.45, 2.75) is 38.5 Å². The van der Waals surface area contributed by atoms with Crippen molar-refractivity contribution in [2.24, 2.45) is 5.92 Å². The van der Waals surface area contributed by atoms with Crippen LogP contribution in [0.4, 0.5) is 4.79 Å². The van der Waals surface area contributed by atoms with Gasteiger partial charge in [0, 0.05) is 25.2 Å². The fourth-order valence-corrected chi connectivity index (χ4v) is 2.35. The first kappa shape index (κ1) is 16.7. The van der Waals surface area contributed by atoms with Crippen molar-refractivity contribution < 1.29 is 19.8 Å². The van der Waals surface area contributed by atoms with Gasteiger partial charge in [0.2, 0.25) is 0 Å². The molecular formula is C13H25N3O4. The maximum atomic E-state index is 12.2. The Balaban J connectivity index is 2.62. The molecule has 0 spiro atoms. The molecule has 1 aliphatic heterocycles. The Morgan fingerprint density at radius 3 is 2.50 bits per heavy atom. The third-order valence-corrected chi connectivity index (χ3v) is 3.72. The number of aliphatic hydroxyl groups excluding tert-OH is 1. The van der Waals surface area contributed by atoms with Gasteiger partial charge in [-0.15, -0.1) is 0 Å². The molecule has 0 radical (unpaired) electrons. The van der Waals surface area contributed by atoms with E-state index in [4.69, 9.17) is 5.11 Å². The Morgan fingerprint density at radius 1 is 1.40 bits per heavy atom. The van der Waals surface area contributed by atoms with Gasteiger partial charge in [-0.25, -0.2) is 4.79 Å². The molecule has 1 heterocycles. The van der Waals surface area contributed by atoms with Crippen LogP contribution in [0.3, 0.4) is 0 Å². The second kappa shape index (κ2) is 6.90. The van der Waals surface area contributed by atoms with Crippen molar-refractivity contribution in [3.63, 3.8) is 0 Å². The summed E-state index contributed by atoms with van der Waals surface area (Å²) in [6.45, 7) is 4.19. The molecule has 0 aromatic heterocycles. The van der Waals surface area contributed by atoms with Crippen molar-refractivity contribution >= 4 is 12.0 Å². The lowest BCUT2D eigenvalue weighted by Crippen LogP contribution is -2.50. The van der Waals surface area contributed by atoms with Gasteiger partial charge in [-0.05, 0) is 34.4 Å². The van der Waals surface area contributed by atoms with Crippen LogP contribution in [0.1, 0.15) is 20.3 Å². The number of β-amino-alcohol motifs (C(OH)–C–C–N with tert-alkyl or cyclic N) is 1. The van der Waals surface area contributed by atoms with Crippen molar-refractivity contribution in [3.8, 4) is 0 Å². The van der Waals surface area contributed by atoms with Crippen LogP contribution in [0.25, 0.3) is 0 Å². The summed E-state index contributed by atoms with van der Waals surface area (Å²) in [7, 11) is 3.83. The zero-order chi connectivity index (χ0) is 15.4. The second-order valence-electron chi connectivity index (χ2n) is 5.82. The lowest BCUT2D eigenvalue weighted by Gasteiger charge is -2.29. The number of nitrogens with one attached hydrogen (secondary N) is 1. The maximum Gasteiger partial charge on any atom is 0.318 e. The van der Waals surface area contributed by atoms with Gasteiger partial charge in [-0.2, -0.15) is 0 Å². The molecule has 4 atom stereocenters. The molecular weight excluding hydrogens is 262 g/mol. The van der Waals surface area contributed by atoms with Crippen molar-refractivity contribution in [2.75, 3.05) is 27.2 Å². The number of hydrogen-bond acceptors (Lipinski definition) is 4. The Kier molecular flexibility index (Phi) is 5.76. The molecule has 1 rings (SSSR count). The van der Waals surface area contributed by atoms with E-state index in [2.05, 4.69) is 5.32 Å². The normalized spacial score (nSPS) is 25.6. The molecule has 0 aromatic carbocycles. The summed E-state index contributed by atoms with van der Waals surface area (Å²) in [5.41, 5.74) is 0. The molecule has 116 valence electrons. The summed E-state index contributed by atoms with van der Waals surface area (Å²) in [5, 5.41) is 21.4. The van der Waals surface area contributed by atoms with E-state index >= 15 is 0 Å². The Morgan fingerprint density at radius 2 is 2.00 bits per heavy atom. The van der Waals surface area contributed by atoms with Gasteiger partial charge in [0.25, 0.3) is 0 Å². The number of urea groups is 1. The topological polar surface area (TPSA) is 93.1 Å². The summed E-state index contributed by atoms with van der Waals surface area (Å²) >= 11 is 0. The van der Waals surface area contributed by atoms with Crippen molar-refractivity contribution in [1.82, 2.24) is 15.1 Å². The number of hydrogen-bond donors (Lipinski definition) is 3. The first-order chi connectivity index (χ1) is 9.22. The lowest BCUT2D eigenvalue weighted by atomic mass is 10.0. The first-order valence-corrected chi connectivity index (χ1v) is 6.85. The standard InChI is InChI=1S/C13H25N3O4/c1-8(12(18)19)9(2)14-13(20)16-7-11(17)5-10(16)6-15(3)4/h8-11,17H,5-7H2,1-4H3,(H,14,20)(H,18,19). The van der Waals surface area contributed by atoms with Gasteiger partial charge in [0.1, 0.15) is 0 Å². The molecule has 0 saturated carbocycles. The van der Waals surface area contributed by atoms with E-state index in [1.165, 1.54) is 0 Å². The molecule has 4 unspecified atom stereocenters. The molecule has 0 bridgehead atoms. The van der Waals surface area contributed by atoms with E-state index in [0.29, 0.717) is 19.5 Å². The number of aliphatic hydroxyl groups is 1. The predicted octanol–water partition coefficient (Wildman–Crippen LogP) is -0.198. The minimum Gasteiger partial charge on any atom is -0.481 e. The number of nitrogens with zero attached hydrogens (tertiary/aromatic N) is 2. The maximum absolute atomic E-state index is 12.2. The highest BCUT2D eigenvalue weighted by atomic mass is 16.4. The molecule has 3 N–H and O–H groups in total. The highest BCUT2D eigenvalue weighted by molar-refractivity contribution is 5.77. The molecule has 0 aromatic rings. The average molecular weight is 287 g/mol. The van der Waals surface area contributed by atoms with E-state index in [1.807, 2.05) is 19.0 Å². The Hall–Kier alpha value is -1.34. The zero-order valence-corrected chi connectivity index (χ0v) is 12.5. The van der Waals surface area contributed by atoms with E-state index in [1.54, 1.807) is 18.7 Å². The van der Waals surface area contributed by atoms with Crippen molar-refractivity contribution in [3.05, 3.63) is 0 Å². The highest BCUT2D eigenvalue weighted by Crippen LogP contribution is 2.19. The molecule has 1 aliphatic rings.